The summed E-state index contributed by atoms with van der Waals surface area (Å²) in [6, 6.07) is 1.78. The molecule has 0 aromatic carbocycles. The van der Waals surface area contributed by atoms with Crippen LogP contribution in [0.1, 0.15) is 43.7 Å². The Morgan fingerprint density at radius 1 is 1.53 bits per heavy atom. The molecule has 4 nitrogen and oxygen atoms in total. The fourth-order valence-electron chi connectivity index (χ4n) is 1.26. The van der Waals surface area contributed by atoms with Crippen LogP contribution in [0.15, 0.2) is 12.3 Å². The monoisotopic (exact) mass is 210 g/mol. The predicted molar refractivity (Wildman–Crippen MR) is 59.2 cm³/mol. The molecule has 0 fully saturated rings. The molecule has 0 radical (unpaired) electrons. The van der Waals surface area contributed by atoms with Gasteiger partial charge in [-0.1, -0.05) is 20.8 Å². The van der Waals surface area contributed by atoms with Crippen LogP contribution >= 0.6 is 0 Å². The van der Waals surface area contributed by atoms with Gasteiger partial charge in [0, 0.05) is 6.20 Å². The molecule has 0 saturated carbocycles. The van der Waals surface area contributed by atoms with E-state index in [-0.39, 0.29) is 11.4 Å². The fourth-order valence-corrected chi connectivity index (χ4v) is 1.26. The largest absolute Gasteiger partial charge is 0.461 e. The summed E-state index contributed by atoms with van der Waals surface area (Å²) in [5.74, 6) is 5.31. The van der Waals surface area contributed by atoms with Gasteiger partial charge in [0.05, 0.1) is 6.61 Å². The molecule has 0 saturated heterocycles. The van der Waals surface area contributed by atoms with Crippen LogP contribution in [0, 0.1) is 0 Å². The van der Waals surface area contributed by atoms with E-state index in [1.165, 1.54) is 4.68 Å². The van der Waals surface area contributed by atoms with Crippen LogP contribution in [-0.4, -0.2) is 17.3 Å². The zero-order chi connectivity index (χ0) is 11.6. The summed E-state index contributed by atoms with van der Waals surface area (Å²) >= 11 is 0. The van der Waals surface area contributed by atoms with Gasteiger partial charge >= 0.3 is 5.97 Å². The van der Waals surface area contributed by atoms with Crippen LogP contribution in [-0.2, 0) is 10.2 Å². The summed E-state index contributed by atoms with van der Waals surface area (Å²) in [6.07, 6.45) is 1.76. The van der Waals surface area contributed by atoms with Crippen molar-refractivity contribution in [2.24, 2.45) is 0 Å². The second kappa shape index (κ2) is 3.96. The molecule has 0 aliphatic carbocycles. The number of carbonyl (C=O) groups is 1. The van der Waals surface area contributed by atoms with Gasteiger partial charge in [0.25, 0.3) is 0 Å². The minimum absolute atomic E-state index is 0.0220. The predicted octanol–water partition coefficient (Wildman–Crippen LogP) is 1.68. The zero-order valence-corrected chi connectivity index (χ0v) is 9.70. The lowest BCUT2D eigenvalue weighted by molar-refractivity contribution is 0.0516. The Morgan fingerprint density at radius 3 is 2.53 bits per heavy atom. The third kappa shape index (κ3) is 2.52. The normalized spacial score (nSPS) is 11.5. The number of rotatable bonds is 2. The lowest BCUT2D eigenvalue weighted by Gasteiger charge is -2.15. The molecule has 4 heteroatoms. The summed E-state index contributed by atoms with van der Waals surface area (Å²) in [7, 11) is 0. The standard InChI is InChI=1S/C11H18N2O2/c1-5-15-10(14)9-6-8(7-13(9)12)11(2,3)4/h6-7H,5,12H2,1-4H3. The maximum atomic E-state index is 11.5. The van der Waals surface area contributed by atoms with Crippen molar-refractivity contribution in [1.29, 1.82) is 0 Å². The second-order valence-corrected chi connectivity index (χ2v) is 4.49. The number of esters is 1. The fraction of sp³-hybridized carbons (Fsp3) is 0.545. The number of aromatic nitrogens is 1. The number of hydrogen-bond acceptors (Lipinski definition) is 3. The van der Waals surface area contributed by atoms with Gasteiger partial charge in [0.1, 0.15) is 5.69 Å². The molecule has 1 aromatic rings. The molecule has 0 bridgehead atoms. The van der Waals surface area contributed by atoms with E-state index in [9.17, 15) is 4.79 Å². The molecule has 0 atom stereocenters. The van der Waals surface area contributed by atoms with Gasteiger partial charge in [-0.3, -0.25) is 4.68 Å². The first kappa shape index (κ1) is 11.6. The third-order valence-corrected chi connectivity index (χ3v) is 2.20. The number of hydrogen-bond donors (Lipinski definition) is 1. The van der Waals surface area contributed by atoms with Gasteiger partial charge in [-0.2, -0.15) is 0 Å². The van der Waals surface area contributed by atoms with E-state index in [4.69, 9.17) is 10.6 Å². The maximum Gasteiger partial charge on any atom is 0.356 e. The lowest BCUT2D eigenvalue weighted by atomic mass is 9.89. The van der Waals surface area contributed by atoms with Crippen LogP contribution in [0.25, 0.3) is 0 Å². The number of ether oxygens (including phenoxy) is 1. The Morgan fingerprint density at radius 2 is 2.13 bits per heavy atom. The average molecular weight is 210 g/mol. The molecular formula is C11H18N2O2. The van der Waals surface area contributed by atoms with Crippen LogP contribution in [0.2, 0.25) is 0 Å². The molecule has 2 N–H and O–H groups in total. The first-order chi connectivity index (χ1) is 6.86. The highest BCUT2D eigenvalue weighted by molar-refractivity contribution is 5.88. The van der Waals surface area contributed by atoms with Crippen LogP contribution in [0.4, 0.5) is 0 Å². The topological polar surface area (TPSA) is 57.2 Å². The van der Waals surface area contributed by atoms with E-state index >= 15 is 0 Å². The second-order valence-electron chi connectivity index (χ2n) is 4.49. The highest BCUT2D eigenvalue weighted by Crippen LogP contribution is 2.23. The van der Waals surface area contributed by atoms with Crippen LogP contribution in [0.3, 0.4) is 0 Å². The Bertz CT molecular complexity index is 361. The molecule has 15 heavy (non-hydrogen) atoms. The maximum absolute atomic E-state index is 11.5. The highest BCUT2D eigenvalue weighted by Gasteiger charge is 2.20. The van der Waals surface area contributed by atoms with E-state index in [0.717, 1.165) is 5.56 Å². The van der Waals surface area contributed by atoms with Crippen molar-refractivity contribution in [2.75, 3.05) is 12.4 Å². The van der Waals surface area contributed by atoms with Crippen molar-refractivity contribution < 1.29 is 9.53 Å². The zero-order valence-electron chi connectivity index (χ0n) is 9.70. The van der Waals surface area contributed by atoms with Crippen molar-refractivity contribution in [3.05, 3.63) is 23.5 Å². The SMILES string of the molecule is CCOC(=O)c1cc(C(C)(C)C)cn1N. The molecular weight excluding hydrogens is 192 g/mol. The van der Waals surface area contributed by atoms with Gasteiger partial charge in [-0.05, 0) is 24.0 Å². The summed E-state index contributed by atoms with van der Waals surface area (Å²) < 4.78 is 6.21. The summed E-state index contributed by atoms with van der Waals surface area (Å²) in [5, 5.41) is 0. The highest BCUT2D eigenvalue weighted by atomic mass is 16.5. The Balaban J connectivity index is 3.02. The molecule has 84 valence electrons. The van der Waals surface area contributed by atoms with E-state index in [2.05, 4.69) is 20.8 Å². The van der Waals surface area contributed by atoms with E-state index in [0.29, 0.717) is 12.3 Å². The quantitative estimate of drug-likeness (QED) is 0.596. The Kier molecular flexibility index (Phi) is 3.07. The Labute approximate surface area is 90.0 Å². The lowest BCUT2D eigenvalue weighted by Crippen LogP contribution is -2.17. The van der Waals surface area contributed by atoms with Gasteiger partial charge in [0.2, 0.25) is 0 Å². The molecule has 0 unspecified atom stereocenters. The number of nitrogens with zero attached hydrogens (tertiary/aromatic N) is 1. The van der Waals surface area contributed by atoms with Gasteiger partial charge in [0.15, 0.2) is 0 Å². The number of nitrogens with two attached hydrogens (primary N) is 1. The number of carbonyl (C=O) groups excluding carboxylic acids is 1. The molecule has 1 rings (SSSR count). The smallest absolute Gasteiger partial charge is 0.356 e. The van der Waals surface area contributed by atoms with Gasteiger partial charge in [-0.25, -0.2) is 4.79 Å². The summed E-state index contributed by atoms with van der Waals surface area (Å²) in [4.78, 5) is 11.5. The van der Waals surface area contributed by atoms with E-state index in [1.54, 1.807) is 19.2 Å². The van der Waals surface area contributed by atoms with Crippen molar-refractivity contribution in [2.45, 2.75) is 33.1 Å². The van der Waals surface area contributed by atoms with Crippen molar-refractivity contribution >= 4 is 5.97 Å². The summed E-state index contributed by atoms with van der Waals surface area (Å²) in [6.45, 7) is 8.33. The molecule has 0 aliphatic heterocycles. The van der Waals surface area contributed by atoms with E-state index in [1.807, 2.05) is 0 Å². The van der Waals surface area contributed by atoms with Crippen LogP contribution in [0.5, 0.6) is 0 Å². The number of nitrogen functional groups attached to an aromatic ring is 1. The van der Waals surface area contributed by atoms with Crippen molar-refractivity contribution in [3.8, 4) is 0 Å². The molecule has 1 heterocycles. The van der Waals surface area contributed by atoms with E-state index < -0.39 is 0 Å². The molecule has 0 aliphatic rings. The van der Waals surface area contributed by atoms with Crippen molar-refractivity contribution in [1.82, 2.24) is 4.68 Å². The van der Waals surface area contributed by atoms with Gasteiger partial charge in [-0.15, -0.1) is 0 Å². The first-order valence-electron chi connectivity index (χ1n) is 5.01. The average Bonchev–Trinajstić information content (AvgIpc) is 2.47. The minimum atomic E-state index is -0.379. The Hall–Kier alpha value is -1.45. The van der Waals surface area contributed by atoms with Crippen LogP contribution < -0.4 is 5.84 Å². The third-order valence-electron chi connectivity index (χ3n) is 2.20. The van der Waals surface area contributed by atoms with Gasteiger partial charge < -0.3 is 10.6 Å². The molecule has 1 aromatic heterocycles. The molecule has 0 spiro atoms. The first-order valence-corrected chi connectivity index (χ1v) is 5.01. The summed E-state index contributed by atoms with van der Waals surface area (Å²) in [5.41, 5.74) is 1.39. The van der Waals surface area contributed by atoms with Crippen molar-refractivity contribution in [3.63, 3.8) is 0 Å². The minimum Gasteiger partial charge on any atom is -0.461 e. The molecule has 0 amide bonds.